The van der Waals surface area contributed by atoms with Crippen LogP contribution in [-0.4, -0.2) is 46.8 Å². The van der Waals surface area contributed by atoms with E-state index in [4.69, 9.17) is 4.74 Å². The Bertz CT molecular complexity index is 903. The Morgan fingerprint density at radius 2 is 2.09 bits per heavy atom. The van der Waals surface area contributed by atoms with Crippen LogP contribution in [0, 0.1) is 0 Å². The molecule has 0 amide bonds. The van der Waals surface area contributed by atoms with Gasteiger partial charge in [0.25, 0.3) is 5.56 Å². The number of nitrogens with zero attached hydrogens (tertiary/aromatic N) is 3. The number of likely N-dealkylation sites (N-methyl/N-ethyl adjacent to an activating group) is 1. The molecule has 3 aromatic rings. The predicted octanol–water partition coefficient (Wildman–Crippen LogP) is 1.44. The van der Waals surface area contributed by atoms with Crippen molar-refractivity contribution in [3.05, 3.63) is 46.9 Å². The van der Waals surface area contributed by atoms with Gasteiger partial charge in [-0.2, -0.15) is 0 Å². The van der Waals surface area contributed by atoms with Gasteiger partial charge >= 0.3 is 0 Å². The van der Waals surface area contributed by atoms with E-state index in [1.54, 1.807) is 30.5 Å². The number of aliphatic hydroxyl groups excluding tert-OH is 1. The molecule has 0 saturated carbocycles. The van der Waals surface area contributed by atoms with Gasteiger partial charge in [0.1, 0.15) is 19.1 Å². The summed E-state index contributed by atoms with van der Waals surface area (Å²) < 4.78 is 7.09. The fourth-order valence-electron chi connectivity index (χ4n) is 2.56. The number of hydrogen-bond donors (Lipinski definition) is 1. The predicted molar refractivity (Wildman–Crippen MR) is 89.8 cm³/mol. The van der Waals surface area contributed by atoms with Crippen molar-refractivity contribution in [3.63, 3.8) is 0 Å². The number of rotatable bonds is 5. The molecule has 0 bridgehead atoms. The maximum absolute atomic E-state index is 12.4. The summed E-state index contributed by atoms with van der Waals surface area (Å²) in [4.78, 5) is 18.8. The molecule has 6 heteroatoms. The van der Waals surface area contributed by atoms with Crippen molar-refractivity contribution in [2.75, 3.05) is 27.2 Å². The van der Waals surface area contributed by atoms with E-state index < -0.39 is 0 Å². The lowest BCUT2D eigenvalue weighted by Crippen LogP contribution is -2.21. The number of aliphatic hydroxyl groups is 1. The molecule has 120 valence electrons. The van der Waals surface area contributed by atoms with Crippen molar-refractivity contribution < 1.29 is 9.84 Å². The van der Waals surface area contributed by atoms with E-state index >= 15 is 0 Å². The molecule has 6 nitrogen and oxygen atoms in total. The summed E-state index contributed by atoms with van der Waals surface area (Å²) in [5.41, 5.74) is 1.02. The topological polar surface area (TPSA) is 67.6 Å². The normalized spacial score (nSPS) is 11.5. The van der Waals surface area contributed by atoms with Gasteiger partial charge in [-0.05, 0) is 44.4 Å². The Hall–Kier alpha value is -2.44. The Balaban J connectivity index is 2.15. The number of fused-ring (bicyclic) bond motifs is 3. The van der Waals surface area contributed by atoms with Crippen molar-refractivity contribution in [1.29, 1.82) is 0 Å². The summed E-state index contributed by atoms with van der Waals surface area (Å²) in [6.45, 7) is 1.01. The molecule has 2 aromatic heterocycles. The zero-order valence-corrected chi connectivity index (χ0v) is 13.2. The minimum atomic E-state index is -0.374. The molecular formula is C17H19N3O3. The van der Waals surface area contributed by atoms with E-state index in [2.05, 4.69) is 4.98 Å². The summed E-state index contributed by atoms with van der Waals surface area (Å²) >= 11 is 0. The number of benzene rings is 1. The van der Waals surface area contributed by atoms with E-state index in [0.29, 0.717) is 23.0 Å². The van der Waals surface area contributed by atoms with Crippen molar-refractivity contribution in [3.8, 4) is 5.75 Å². The summed E-state index contributed by atoms with van der Waals surface area (Å²) in [6, 6.07) is 8.89. The third-order valence-electron chi connectivity index (χ3n) is 3.75. The Morgan fingerprint density at radius 1 is 1.26 bits per heavy atom. The molecule has 2 heterocycles. The smallest absolute Gasteiger partial charge is 0.262 e. The van der Waals surface area contributed by atoms with Crippen LogP contribution in [0.5, 0.6) is 5.75 Å². The molecule has 0 fully saturated rings. The highest BCUT2D eigenvalue weighted by Crippen LogP contribution is 2.25. The lowest BCUT2D eigenvalue weighted by atomic mass is 10.1. The molecule has 0 aliphatic heterocycles. The van der Waals surface area contributed by atoms with E-state index in [9.17, 15) is 9.90 Å². The lowest BCUT2D eigenvalue weighted by Gasteiger charge is -2.13. The molecule has 1 N–H and O–H groups in total. The zero-order chi connectivity index (χ0) is 16.4. The highest BCUT2D eigenvalue weighted by molar-refractivity contribution is 6.03. The van der Waals surface area contributed by atoms with Crippen LogP contribution < -0.4 is 10.3 Å². The average molecular weight is 313 g/mol. The molecular weight excluding hydrogens is 294 g/mol. The van der Waals surface area contributed by atoms with Crippen LogP contribution in [0.2, 0.25) is 0 Å². The minimum absolute atomic E-state index is 0.246. The van der Waals surface area contributed by atoms with Crippen LogP contribution in [0.4, 0.5) is 0 Å². The van der Waals surface area contributed by atoms with Gasteiger partial charge in [0.05, 0.1) is 16.4 Å². The van der Waals surface area contributed by atoms with Crippen LogP contribution in [-0.2, 0) is 6.73 Å². The van der Waals surface area contributed by atoms with Gasteiger partial charge in [0.15, 0.2) is 0 Å². The average Bonchev–Trinajstić information content (AvgIpc) is 2.55. The fraction of sp³-hybridized carbons (Fsp3) is 0.294. The monoisotopic (exact) mass is 313 g/mol. The second-order valence-electron chi connectivity index (χ2n) is 5.60. The molecule has 0 aliphatic rings. The van der Waals surface area contributed by atoms with Crippen molar-refractivity contribution in [1.82, 2.24) is 14.5 Å². The van der Waals surface area contributed by atoms with Gasteiger partial charge in [-0.3, -0.25) is 14.3 Å². The quantitative estimate of drug-likeness (QED) is 0.722. The van der Waals surface area contributed by atoms with Crippen LogP contribution in [0.1, 0.15) is 0 Å². The van der Waals surface area contributed by atoms with E-state index in [0.717, 1.165) is 17.7 Å². The summed E-state index contributed by atoms with van der Waals surface area (Å²) in [7, 11) is 3.97. The number of pyridine rings is 2. The molecule has 0 saturated heterocycles. The van der Waals surface area contributed by atoms with Gasteiger partial charge in [-0.25, -0.2) is 0 Å². The molecule has 0 atom stereocenters. The van der Waals surface area contributed by atoms with E-state index in [1.165, 1.54) is 4.57 Å². The number of hydrogen-bond acceptors (Lipinski definition) is 5. The second kappa shape index (κ2) is 6.36. The molecule has 23 heavy (non-hydrogen) atoms. The first-order chi connectivity index (χ1) is 11.1. The van der Waals surface area contributed by atoms with Crippen molar-refractivity contribution in [2.24, 2.45) is 0 Å². The van der Waals surface area contributed by atoms with Crippen LogP contribution in [0.15, 0.2) is 41.3 Å². The van der Waals surface area contributed by atoms with Crippen LogP contribution >= 0.6 is 0 Å². The van der Waals surface area contributed by atoms with Crippen molar-refractivity contribution in [2.45, 2.75) is 6.73 Å². The molecule has 3 rings (SSSR count). The molecule has 0 spiro atoms. The maximum atomic E-state index is 12.4. The Kier molecular flexibility index (Phi) is 4.27. The standard InChI is InChI=1S/C17H19N3O3/c1-19(2)8-9-23-12-5-6-15-14(10-12)16-13(4-3-7-18-16)17(22)20(15)11-21/h3-7,10,21H,8-9,11H2,1-2H3. The van der Waals surface area contributed by atoms with Crippen molar-refractivity contribution >= 4 is 21.8 Å². The highest BCUT2D eigenvalue weighted by atomic mass is 16.5. The minimum Gasteiger partial charge on any atom is -0.492 e. The fourth-order valence-corrected chi connectivity index (χ4v) is 2.56. The maximum Gasteiger partial charge on any atom is 0.262 e. The summed E-state index contributed by atoms with van der Waals surface area (Å²) in [6.07, 6.45) is 1.66. The Labute approximate surface area is 133 Å². The SMILES string of the molecule is CN(C)CCOc1ccc2c(c1)c1ncccc1c(=O)n2CO. The highest BCUT2D eigenvalue weighted by Gasteiger charge is 2.11. The third kappa shape index (κ3) is 2.91. The summed E-state index contributed by atoms with van der Waals surface area (Å²) in [5.74, 6) is 0.717. The molecule has 0 radical (unpaired) electrons. The van der Waals surface area contributed by atoms with Gasteiger partial charge in [-0.1, -0.05) is 0 Å². The lowest BCUT2D eigenvalue weighted by molar-refractivity contribution is 0.212. The number of ether oxygens (including phenoxy) is 1. The molecule has 1 aromatic carbocycles. The first-order valence-corrected chi connectivity index (χ1v) is 7.41. The van der Waals surface area contributed by atoms with E-state index in [-0.39, 0.29) is 12.3 Å². The first-order valence-electron chi connectivity index (χ1n) is 7.41. The summed E-state index contributed by atoms with van der Waals surface area (Å²) in [5, 5.41) is 10.8. The van der Waals surface area contributed by atoms with Crippen LogP contribution in [0.3, 0.4) is 0 Å². The Morgan fingerprint density at radius 3 is 2.83 bits per heavy atom. The molecule has 0 unspecified atom stereocenters. The van der Waals surface area contributed by atoms with Gasteiger partial charge < -0.3 is 14.7 Å². The van der Waals surface area contributed by atoms with Gasteiger partial charge in [-0.15, -0.1) is 0 Å². The number of aromatic nitrogens is 2. The molecule has 0 aliphatic carbocycles. The van der Waals surface area contributed by atoms with Crippen LogP contribution in [0.25, 0.3) is 21.8 Å². The largest absolute Gasteiger partial charge is 0.492 e. The first kappa shape index (κ1) is 15.5. The second-order valence-corrected chi connectivity index (χ2v) is 5.60. The van der Waals surface area contributed by atoms with Gasteiger partial charge in [0.2, 0.25) is 0 Å². The van der Waals surface area contributed by atoms with Gasteiger partial charge in [0, 0.05) is 18.1 Å². The zero-order valence-electron chi connectivity index (χ0n) is 13.2. The van der Waals surface area contributed by atoms with E-state index in [1.807, 2.05) is 25.1 Å². The third-order valence-corrected chi connectivity index (χ3v) is 3.75.